The van der Waals surface area contributed by atoms with E-state index >= 15 is 0 Å². The maximum atomic E-state index is 12.9. The van der Waals surface area contributed by atoms with Crippen molar-refractivity contribution in [3.8, 4) is 0 Å². The van der Waals surface area contributed by atoms with Crippen molar-refractivity contribution < 1.29 is 18.7 Å². The van der Waals surface area contributed by atoms with Crippen molar-refractivity contribution in [3.63, 3.8) is 0 Å². The fourth-order valence-corrected chi connectivity index (χ4v) is 1.03. The first-order valence-electron chi connectivity index (χ1n) is 3.03. The first-order chi connectivity index (χ1) is 6.06. The van der Waals surface area contributed by atoms with Gasteiger partial charge < -0.3 is 0 Å². The van der Waals surface area contributed by atoms with Crippen LogP contribution in [0.5, 0.6) is 0 Å². The molecule has 70 valence electrons. The Labute approximate surface area is 81.9 Å². The molecule has 0 unspecified atom stereocenters. The van der Waals surface area contributed by atoms with Crippen molar-refractivity contribution >= 4 is 29.2 Å². The quantitative estimate of drug-likeness (QED) is 0.688. The van der Waals surface area contributed by atoms with Crippen molar-refractivity contribution in [2.24, 2.45) is 0 Å². The van der Waals surface area contributed by atoms with Crippen LogP contribution in [-0.4, -0.2) is 5.97 Å². The van der Waals surface area contributed by atoms with E-state index in [4.69, 9.17) is 23.2 Å². The first kappa shape index (κ1) is 10.2. The van der Waals surface area contributed by atoms with Crippen LogP contribution in [0.3, 0.4) is 0 Å². The van der Waals surface area contributed by atoms with E-state index < -0.39 is 17.3 Å². The number of halogens is 4. The van der Waals surface area contributed by atoms with Crippen LogP contribution in [0.15, 0.2) is 12.1 Å². The molecule has 13 heavy (non-hydrogen) atoms. The third-order valence-electron chi connectivity index (χ3n) is 1.30. The van der Waals surface area contributed by atoms with Crippen LogP contribution in [-0.2, 0) is 4.94 Å². The maximum absolute atomic E-state index is 12.9. The smallest absolute Gasteiger partial charge is 0.249 e. The lowest BCUT2D eigenvalue weighted by Crippen LogP contribution is -2.02. The second kappa shape index (κ2) is 3.89. The number of hydrogen-bond donors (Lipinski definition) is 0. The van der Waals surface area contributed by atoms with Gasteiger partial charge >= 0.3 is 5.97 Å². The lowest BCUT2D eigenvalue weighted by molar-refractivity contribution is -0.0791. The topological polar surface area (TPSA) is 26.3 Å². The van der Waals surface area contributed by atoms with E-state index in [1.54, 1.807) is 0 Å². The highest BCUT2D eigenvalue weighted by atomic mass is 35.5. The molecule has 0 saturated heterocycles. The summed E-state index contributed by atoms with van der Waals surface area (Å²) < 4.78 is 24.2. The second-order valence-electron chi connectivity index (χ2n) is 2.11. The van der Waals surface area contributed by atoms with E-state index in [1.807, 2.05) is 0 Å². The molecule has 0 aliphatic heterocycles. The molecular weight excluding hydrogens is 225 g/mol. The van der Waals surface area contributed by atoms with Crippen LogP contribution in [0.2, 0.25) is 10.0 Å². The summed E-state index contributed by atoms with van der Waals surface area (Å²) in [6, 6.07) is 1.69. The van der Waals surface area contributed by atoms with Crippen LogP contribution in [0.1, 0.15) is 10.4 Å². The fourth-order valence-electron chi connectivity index (χ4n) is 0.721. The van der Waals surface area contributed by atoms with Gasteiger partial charge in [-0.1, -0.05) is 23.2 Å². The van der Waals surface area contributed by atoms with Gasteiger partial charge in [-0.2, -0.15) is 0 Å². The minimum atomic E-state index is -1.45. The lowest BCUT2D eigenvalue weighted by atomic mass is 10.2. The molecule has 0 aliphatic rings. The van der Waals surface area contributed by atoms with Crippen molar-refractivity contribution in [1.82, 2.24) is 0 Å². The second-order valence-corrected chi connectivity index (χ2v) is 2.93. The first-order valence-corrected chi connectivity index (χ1v) is 3.79. The van der Waals surface area contributed by atoms with Gasteiger partial charge in [0.15, 0.2) is 0 Å². The van der Waals surface area contributed by atoms with Gasteiger partial charge in [0.1, 0.15) is 11.4 Å². The summed E-state index contributed by atoms with van der Waals surface area (Å²) in [6.07, 6.45) is 0. The minimum Gasteiger partial charge on any atom is -0.249 e. The van der Waals surface area contributed by atoms with Gasteiger partial charge in [-0.15, -0.1) is 0 Å². The molecule has 0 spiro atoms. The summed E-state index contributed by atoms with van der Waals surface area (Å²) in [4.78, 5) is 13.4. The van der Waals surface area contributed by atoms with E-state index in [0.29, 0.717) is 0 Å². The summed E-state index contributed by atoms with van der Waals surface area (Å²) >= 11 is 10.9. The zero-order chi connectivity index (χ0) is 10.0. The zero-order valence-electron chi connectivity index (χ0n) is 5.98. The Kier molecular flexibility index (Phi) is 3.06. The molecule has 1 aromatic rings. The minimum absolute atomic E-state index is 0.0523. The fraction of sp³-hybridized carbons (Fsp3) is 0. The predicted molar refractivity (Wildman–Crippen MR) is 42.9 cm³/mol. The van der Waals surface area contributed by atoms with E-state index in [0.717, 1.165) is 12.1 Å². The molecule has 1 aromatic carbocycles. The predicted octanol–water partition coefficient (Wildman–Crippen LogP) is 3.17. The Morgan fingerprint density at radius 2 is 1.85 bits per heavy atom. The molecule has 0 amide bonds. The van der Waals surface area contributed by atoms with E-state index in [1.165, 1.54) is 0 Å². The Morgan fingerprint density at radius 1 is 1.31 bits per heavy atom. The SMILES string of the molecule is O=C(OF)c1cc(Cl)c(Cl)cc1F. The average Bonchev–Trinajstić information content (AvgIpc) is 2.10. The summed E-state index contributed by atoms with van der Waals surface area (Å²) in [5, 5.41) is -0.113. The molecule has 2 nitrogen and oxygen atoms in total. The molecule has 0 N–H and O–H groups in total. The largest absolute Gasteiger partial charge is 0.382 e. The molecule has 0 aromatic heterocycles. The summed E-state index contributed by atoms with van der Waals surface area (Å²) in [6.45, 7) is 0. The summed E-state index contributed by atoms with van der Waals surface area (Å²) in [5.41, 5.74) is -0.600. The van der Waals surface area contributed by atoms with Gasteiger partial charge in [0.2, 0.25) is 0 Å². The molecule has 0 fully saturated rings. The molecular formula is C7H2Cl2F2O2. The molecule has 6 heteroatoms. The van der Waals surface area contributed by atoms with Gasteiger partial charge in [-0.3, -0.25) is 0 Å². The zero-order valence-corrected chi connectivity index (χ0v) is 7.49. The van der Waals surface area contributed by atoms with Crippen molar-refractivity contribution in [2.75, 3.05) is 0 Å². The van der Waals surface area contributed by atoms with Gasteiger partial charge in [0, 0.05) is 4.53 Å². The normalized spacial score (nSPS) is 9.85. The number of benzene rings is 1. The highest BCUT2D eigenvalue weighted by Gasteiger charge is 2.16. The molecule has 0 radical (unpaired) electrons. The highest BCUT2D eigenvalue weighted by molar-refractivity contribution is 6.42. The summed E-state index contributed by atoms with van der Waals surface area (Å²) in [5.74, 6) is -2.44. The maximum Gasteiger partial charge on any atom is 0.382 e. The number of carbonyl (C=O) groups is 1. The van der Waals surface area contributed by atoms with Crippen LogP contribution in [0.25, 0.3) is 0 Å². The van der Waals surface area contributed by atoms with E-state index in [9.17, 15) is 13.7 Å². The number of hydrogen-bond acceptors (Lipinski definition) is 2. The van der Waals surface area contributed by atoms with Gasteiger partial charge in [-0.25, -0.2) is 14.1 Å². The van der Waals surface area contributed by atoms with Crippen molar-refractivity contribution in [2.45, 2.75) is 0 Å². The van der Waals surface area contributed by atoms with Gasteiger partial charge in [-0.05, 0) is 12.1 Å². The van der Waals surface area contributed by atoms with E-state index in [2.05, 4.69) is 4.94 Å². The van der Waals surface area contributed by atoms with Gasteiger partial charge in [0.05, 0.1) is 10.0 Å². The number of carbonyl (C=O) groups excluding carboxylic acids is 1. The Bertz CT molecular complexity index is 355. The van der Waals surface area contributed by atoms with Crippen LogP contribution in [0, 0.1) is 5.82 Å². The van der Waals surface area contributed by atoms with Crippen LogP contribution in [0.4, 0.5) is 8.92 Å². The number of rotatable bonds is 1. The molecule has 1 rings (SSSR count). The molecule has 0 heterocycles. The monoisotopic (exact) mass is 226 g/mol. The molecule has 0 atom stereocenters. The Morgan fingerprint density at radius 3 is 2.38 bits per heavy atom. The van der Waals surface area contributed by atoms with Crippen molar-refractivity contribution in [1.29, 1.82) is 0 Å². The van der Waals surface area contributed by atoms with Crippen molar-refractivity contribution in [3.05, 3.63) is 33.6 Å². The van der Waals surface area contributed by atoms with Crippen LogP contribution < -0.4 is 0 Å². The molecule has 0 saturated carbocycles. The Hall–Kier alpha value is -0.870. The summed E-state index contributed by atoms with van der Waals surface area (Å²) in [7, 11) is 0. The van der Waals surface area contributed by atoms with Gasteiger partial charge in [0.25, 0.3) is 0 Å². The van der Waals surface area contributed by atoms with E-state index in [-0.39, 0.29) is 10.0 Å². The Balaban J connectivity index is 3.23. The molecule has 0 bridgehead atoms. The molecule has 0 aliphatic carbocycles. The standard InChI is InChI=1S/C7H2Cl2F2O2/c8-4-1-3(7(12)13-11)6(10)2-5(4)9/h1-2H. The average molecular weight is 227 g/mol. The highest BCUT2D eigenvalue weighted by Crippen LogP contribution is 2.25. The van der Waals surface area contributed by atoms with Crippen LogP contribution >= 0.6 is 23.2 Å². The third-order valence-corrected chi connectivity index (χ3v) is 2.02. The lowest BCUT2D eigenvalue weighted by Gasteiger charge is -2.00. The third kappa shape index (κ3) is 2.08.